The van der Waals surface area contributed by atoms with Crippen molar-refractivity contribution in [3.05, 3.63) is 53.1 Å². The molecule has 8 heteroatoms. The second-order valence-electron chi connectivity index (χ2n) is 7.77. The van der Waals surface area contributed by atoms with Crippen LogP contribution in [0.5, 0.6) is 11.5 Å². The van der Waals surface area contributed by atoms with Crippen molar-refractivity contribution in [3.8, 4) is 11.5 Å². The van der Waals surface area contributed by atoms with Crippen LogP contribution in [-0.4, -0.2) is 46.5 Å². The molecule has 0 aromatic heterocycles. The quantitative estimate of drug-likeness (QED) is 0.672. The van der Waals surface area contributed by atoms with Gasteiger partial charge in [-0.15, -0.1) is 0 Å². The Morgan fingerprint density at radius 2 is 1.90 bits per heavy atom. The molecule has 1 amide bonds. The van der Waals surface area contributed by atoms with Gasteiger partial charge in [0.05, 0.1) is 25.2 Å². The van der Waals surface area contributed by atoms with Gasteiger partial charge < -0.3 is 14.4 Å². The monoisotopic (exact) mass is 446 g/mol. The number of hydrogen-bond donors (Lipinski definition) is 1. The molecule has 0 aliphatic carbocycles. The van der Waals surface area contributed by atoms with Crippen LogP contribution in [0.25, 0.3) is 0 Å². The Labute approximate surface area is 184 Å². The predicted octanol–water partition coefficient (Wildman–Crippen LogP) is 3.35. The van der Waals surface area contributed by atoms with E-state index in [0.29, 0.717) is 23.6 Å². The number of amides is 1. The van der Waals surface area contributed by atoms with E-state index in [1.807, 2.05) is 36.1 Å². The summed E-state index contributed by atoms with van der Waals surface area (Å²) in [6, 6.07) is 10.8. The number of carbonyl (C=O) groups is 1. The Balaban J connectivity index is 1.67. The molecule has 2 aromatic carbocycles. The van der Waals surface area contributed by atoms with Crippen LogP contribution in [0.1, 0.15) is 42.0 Å². The summed E-state index contributed by atoms with van der Waals surface area (Å²) < 4.78 is 38.7. The topological polar surface area (TPSA) is 84.9 Å². The summed E-state index contributed by atoms with van der Waals surface area (Å²) in [4.78, 5) is 15.0. The third-order valence-electron chi connectivity index (χ3n) is 5.64. The number of rotatable bonds is 8. The van der Waals surface area contributed by atoms with Gasteiger partial charge in [-0.3, -0.25) is 4.79 Å². The fraction of sp³-hybridized carbons (Fsp3) is 0.435. The van der Waals surface area contributed by atoms with Crippen LogP contribution in [0.3, 0.4) is 0 Å². The van der Waals surface area contributed by atoms with Gasteiger partial charge in [-0.2, -0.15) is 0 Å². The van der Waals surface area contributed by atoms with Crippen molar-refractivity contribution in [2.45, 2.75) is 44.0 Å². The number of ether oxygens (including phenoxy) is 2. The largest absolute Gasteiger partial charge is 0.497 e. The maximum atomic E-state index is 12.9. The number of likely N-dealkylation sites (tertiary alicyclic amines) is 1. The van der Waals surface area contributed by atoms with Gasteiger partial charge in [0, 0.05) is 31.1 Å². The third-order valence-corrected chi connectivity index (χ3v) is 7.24. The normalized spacial score (nSPS) is 16.4. The lowest BCUT2D eigenvalue weighted by molar-refractivity contribution is -0.132. The molecule has 31 heavy (non-hydrogen) atoms. The summed E-state index contributed by atoms with van der Waals surface area (Å²) in [6.07, 6.45) is 1.82. The van der Waals surface area contributed by atoms with Crippen molar-refractivity contribution in [1.29, 1.82) is 0 Å². The van der Waals surface area contributed by atoms with E-state index in [0.717, 1.165) is 24.0 Å². The molecule has 0 saturated carbocycles. The van der Waals surface area contributed by atoms with Crippen LogP contribution < -0.4 is 14.2 Å². The standard InChI is InChI=1S/C23H30N2O5S/c1-16-7-8-17(2)22(14-16)31(27,28)24-12-11-23(26)25-13-5-6-20(25)19-10-9-18(29-3)15-21(19)30-4/h7-10,14-15,20,24H,5-6,11-13H2,1-4H3. The van der Waals surface area contributed by atoms with Gasteiger partial charge in [0.25, 0.3) is 0 Å². The first-order valence-electron chi connectivity index (χ1n) is 10.3. The van der Waals surface area contributed by atoms with Crippen LogP contribution in [0.4, 0.5) is 0 Å². The summed E-state index contributed by atoms with van der Waals surface area (Å²) in [5, 5.41) is 0. The minimum atomic E-state index is -3.67. The van der Waals surface area contributed by atoms with Crippen LogP contribution in [0, 0.1) is 13.8 Å². The van der Waals surface area contributed by atoms with Gasteiger partial charge in [-0.1, -0.05) is 12.1 Å². The van der Waals surface area contributed by atoms with Gasteiger partial charge >= 0.3 is 0 Å². The zero-order valence-electron chi connectivity index (χ0n) is 18.5. The zero-order chi connectivity index (χ0) is 22.6. The van der Waals surface area contributed by atoms with Crippen LogP contribution in [0.15, 0.2) is 41.3 Å². The molecule has 168 valence electrons. The molecule has 1 N–H and O–H groups in total. The number of carbonyl (C=O) groups excluding carboxylic acids is 1. The molecule has 1 heterocycles. The summed E-state index contributed by atoms with van der Waals surface area (Å²) in [6.45, 7) is 4.30. The minimum absolute atomic E-state index is 0.0531. The maximum absolute atomic E-state index is 12.9. The van der Waals surface area contributed by atoms with Crippen molar-refractivity contribution < 1.29 is 22.7 Å². The molecule has 2 aromatic rings. The molecule has 1 fully saturated rings. The van der Waals surface area contributed by atoms with Crippen LogP contribution in [0.2, 0.25) is 0 Å². The SMILES string of the molecule is COc1ccc(C2CCCN2C(=O)CCNS(=O)(=O)c2cc(C)ccc2C)c(OC)c1. The van der Waals surface area contributed by atoms with E-state index in [-0.39, 0.29) is 29.8 Å². The fourth-order valence-corrected chi connectivity index (χ4v) is 5.35. The lowest BCUT2D eigenvalue weighted by Crippen LogP contribution is -2.34. The van der Waals surface area contributed by atoms with E-state index in [4.69, 9.17) is 9.47 Å². The molecular formula is C23H30N2O5S. The van der Waals surface area contributed by atoms with E-state index in [1.54, 1.807) is 33.3 Å². The van der Waals surface area contributed by atoms with Crippen LogP contribution >= 0.6 is 0 Å². The highest BCUT2D eigenvalue weighted by Gasteiger charge is 2.32. The summed E-state index contributed by atoms with van der Waals surface area (Å²) in [5.74, 6) is 1.29. The molecule has 3 rings (SSSR count). The Hall–Kier alpha value is -2.58. The summed E-state index contributed by atoms with van der Waals surface area (Å²) in [7, 11) is -0.476. The highest BCUT2D eigenvalue weighted by molar-refractivity contribution is 7.89. The van der Waals surface area contributed by atoms with Gasteiger partial charge in [-0.25, -0.2) is 13.1 Å². The number of methoxy groups -OCH3 is 2. The van der Waals surface area contributed by atoms with Gasteiger partial charge in [0.2, 0.25) is 15.9 Å². The molecule has 0 spiro atoms. The first-order valence-corrected chi connectivity index (χ1v) is 11.8. The number of benzene rings is 2. The average molecular weight is 447 g/mol. The third kappa shape index (κ3) is 5.19. The van der Waals surface area contributed by atoms with Crippen molar-refractivity contribution >= 4 is 15.9 Å². The lowest BCUT2D eigenvalue weighted by atomic mass is 10.0. The fourth-order valence-electron chi connectivity index (χ4n) is 3.99. The van der Waals surface area contributed by atoms with E-state index >= 15 is 0 Å². The van der Waals surface area contributed by atoms with E-state index in [9.17, 15) is 13.2 Å². The molecular weight excluding hydrogens is 416 g/mol. The van der Waals surface area contributed by atoms with Crippen molar-refractivity contribution in [2.75, 3.05) is 27.3 Å². The van der Waals surface area contributed by atoms with Crippen molar-refractivity contribution in [1.82, 2.24) is 9.62 Å². The highest BCUT2D eigenvalue weighted by Crippen LogP contribution is 2.38. The van der Waals surface area contributed by atoms with Gasteiger partial charge in [0.15, 0.2) is 0 Å². The second-order valence-corrected chi connectivity index (χ2v) is 9.51. The molecule has 0 radical (unpaired) electrons. The molecule has 1 aliphatic heterocycles. The van der Waals surface area contributed by atoms with Crippen molar-refractivity contribution in [3.63, 3.8) is 0 Å². The first-order chi connectivity index (χ1) is 14.8. The lowest BCUT2D eigenvalue weighted by Gasteiger charge is -2.26. The number of nitrogens with one attached hydrogen (secondary N) is 1. The van der Waals surface area contributed by atoms with E-state index in [2.05, 4.69) is 4.72 Å². The summed E-state index contributed by atoms with van der Waals surface area (Å²) >= 11 is 0. The zero-order valence-corrected chi connectivity index (χ0v) is 19.3. The molecule has 1 unspecified atom stereocenters. The minimum Gasteiger partial charge on any atom is -0.497 e. The maximum Gasteiger partial charge on any atom is 0.240 e. The van der Waals surface area contributed by atoms with E-state index in [1.165, 1.54) is 0 Å². The second kappa shape index (κ2) is 9.70. The van der Waals surface area contributed by atoms with Gasteiger partial charge in [-0.05, 0) is 56.0 Å². The Bertz CT molecular complexity index is 1050. The van der Waals surface area contributed by atoms with E-state index < -0.39 is 10.0 Å². The molecule has 0 bridgehead atoms. The number of aryl methyl sites for hydroxylation is 2. The Morgan fingerprint density at radius 3 is 2.61 bits per heavy atom. The smallest absolute Gasteiger partial charge is 0.240 e. The number of hydrogen-bond acceptors (Lipinski definition) is 5. The molecule has 1 atom stereocenters. The van der Waals surface area contributed by atoms with Gasteiger partial charge in [0.1, 0.15) is 11.5 Å². The summed E-state index contributed by atoms with van der Waals surface area (Å²) in [5.41, 5.74) is 2.48. The van der Waals surface area contributed by atoms with Crippen molar-refractivity contribution in [2.24, 2.45) is 0 Å². The molecule has 7 nitrogen and oxygen atoms in total. The number of sulfonamides is 1. The first kappa shape index (κ1) is 23.1. The highest BCUT2D eigenvalue weighted by atomic mass is 32.2. The average Bonchev–Trinajstić information content (AvgIpc) is 3.24. The predicted molar refractivity (Wildman–Crippen MR) is 119 cm³/mol. The molecule has 1 aliphatic rings. The van der Waals surface area contributed by atoms with Crippen LogP contribution in [-0.2, 0) is 14.8 Å². The number of nitrogens with zero attached hydrogens (tertiary/aromatic N) is 1. The Morgan fingerprint density at radius 1 is 1.13 bits per heavy atom. The molecule has 1 saturated heterocycles. The Kier molecular flexibility index (Phi) is 7.23.